The minimum atomic E-state index is -3.85. The number of aryl methyl sites for hydroxylation is 1. The van der Waals surface area contributed by atoms with Gasteiger partial charge in [-0.25, -0.2) is 22.2 Å². The van der Waals surface area contributed by atoms with Crippen molar-refractivity contribution in [1.29, 1.82) is 0 Å². The summed E-state index contributed by atoms with van der Waals surface area (Å²) in [5.41, 5.74) is 3.62. The van der Waals surface area contributed by atoms with Crippen molar-refractivity contribution in [3.05, 3.63) is 89.5 Å². The third kappa shape index (κ3) is 3.78. The molecule has 0 spiro atoms. The lowest BCUT2D eigenvalue weighted by atomic mass is 9.91. The highest BCUT2D eigenvalue weighted by atomic mass is 32.2. The first-order valence-corrected chi connectivity index (χ1v) is 14.1. The van der Waals surface area contributed by atoms with Crippen LogP contribution in [0.1, 0.15) is 65.3 Å². The molecule has 0 amide bonds. The number of rotatable bonds is 6. The number of hydrogen-bond donors (Lipinski definition) is 1. The molecule has 2 aromatic carbocycles. The van der Waals surface area contributed by atoms with Crippen LogP contribution in [0.15, 0.2) is 71.9 Å². The molecule has 6 rings (SSSR count). The molecule has 0 saturated heterocycles. The predicted octanol–water partition coefficient (Wildman–Crippen LogP) is 5.01. The van der Waals surface area contributed by atoms with Gasteiger partial charge >= 0.3 is 5.97 Å². The van der Waals surface area contributed by atoms with Crippen molar-refractivity contribution in [3.63, 3.8) is 0 Å². The van der Waals surface area contributed by atoms with Gasteiger partial charge in [0.2, 0.25) is 0 Å². The number of hydrogen-bond acceptors (Lipinski definition) is 6. The van der Waals surface area contributed by atoms with Gasteiger partial charge in [-0.3, -0.25) is 4.40 Å². The Labute approximate surface area is 219 Å². The molecule has 5 aromatic rings. The van der Waals surface area contributed by atoms with Gasteiger partial charge in [0.15, 0.2) is 11.3 Å². The lowest BCUT2D eigenvalue weighted by molar-refractivity contribution is 0.0695. The van der Waals surface area contributed by atoms with E-state index in [1.54, 1.807) is 48.7 Å². The highest BCUT2D eigenvalue weighted by Gasteiger charge is 2.39. The number of carboxylic acid groups (broad SMARTS) is 1. The van der Waals surface area contributed by atoms with Gasteiger partial charge < -0.3 is 5.11 Å². The van der Waals surface area contributed by atoms with E-state index in [1.165, 1.54) is 10.2 Å². The molecule has 9 nitrogen and oxygen atoms in total. The van der Waals surface area contributed by atoms with E-state index in [9.17, 15) is 18.3 Å². The van der Waals surface area contributed by atoms with Gasteiger partial charge in [-0.05, 0) is 61.4 Å². The summed E-state index contributed by atoms with van der Waals surface area (Å²) in [5.74, 6) is 0.211. The lowest BCUT2D eigenvalue weighted by Crippen LogP contribution is -2.13. The summed E-state index contributed by atoms with van der Waals surface area (Å²) in [6.07, 6.45) is 5.55. The molecule has 3 aromatic heterocycles. The van der Waals surface area contributed by atoms with Gasteiger partial charge in [0.25, 0.3) is 10.0 Å². The zero-order valence-electron chi connectivity index (χ0n) is 21.0. The molecule has 194 valence electrons. The number of carboxylic acids is 1. The zero-order chi connectivity index (χ0) is 26.6. The van der Waals surface area contributed by atoms with Gasteiger partial charge in [-0.15, -0.1) is 10.2 Å². The van der Waals surface area contributed by atoms with Crippen LogP contribution in [0.4, 0.5) is 0 Å². The quantitative estimate of drug-likeness (QED) is 0.328. The van der Waals surface area contributed by atoms with Crippen LogP contribution in [-0.2, 0) is 10.0 Å². The average molecular weight is 530 g/mol. The molecule has 0 radical (unpaired) electrons. The number of fused-ring (bicyclic) bond motifs is 3. The van der Waals surface area contributed by atoms with Gasteiger partial charge in [0, 0.05) is 12.1 Å². The summed E-state index contributed by atoms with van der Waals surface area (Å²) in [7, 11) is -3.85. The minimum Gasteiger partial charge on any atom is -0.478 e. The largest absolute Gasteiger partial charge is 0.478 e. The Bertz CT molecular complexity index is 1790. The number of aromatic carboxylic acids is 1. The van der Waals surface area contributed by atoms with Crippen molar-refractivity contribution < 1.29 is 18.3 Å². The van der Waals surface area contributed by atoms with E-state index in [-0.39, 0.29) is 22.6 Å². The van der Waals surface area contributed by atoms with Crippen molar-refractivity contribution in [3.8, 4) is 0 Å². The molecule has 10 heteroatoms. The maximum atomic E-state index is 13.5. The standard InChI is InChI=1S/C28H27N5O4S/c1-3-18-14-19(21-6-4-5-7-22(21)28(34)35)15-23(18)26-31-30-25-16-29-27-24(33(25)26)12-13-32(27)38(36,37)20-10-8-17(2)9-11-20/h4-13,16,18-19,23H,3,14-15H2,1-2H3,(H,34,35). The van der Waals surface area contributed by atoms with Crippen LogP contribution in [0.3, 0.4) is 0 Å². The monoisotopic (exact) mass is 529 g/mol. The van der Waals surface area contributed by atoms with E-state index in [2.05, 4.69) is 22.1 Å². The molecule has 3 unspecified atom stereocenters. The van der Waals surface area contributed by atoms with Gasteiger partial charge in [0.05, 0.1) is 22.2 Å². The molecule has 0 bridgehead atoms. The van der Waals surface area contributed by atoms with Crippen LogP contribution in [0.5, 0.6) is 0 Å². The van der Waals surface area contributed by atoms with E-state index in [4.69, 9.17) is 0 Å². The Morgan fingerprint density at radius 1 is 1.05 bits per heavy atom. The zero-order valence-corrected chi connectivity index (χ0v) is 21.8. The number of benzene rings is 2. The van der Waals surface area contributed by atoms with E-state index < -0.39 is 16.0 Å². The first-order chi connectivity index (χ1) is 18.3. The molecule has 3 heterocycles. The highest BCUT2D eigenvalue weighted by Crippen LogP contribution is 2.49. The summed E-state index contributed by atoms with van der Waals surface area (Å²) in [6.45, 7) is 4.04. The smallest absolute Gasteiger partial charge is 0.335 e. The summed E-state index contributed by atoms with van der Waals surface area (Å²) >= 11 is 0. The maximum Gasteiger partial charge on any atom is 0.335 e. The molecule has 0 aliphatic heterocycles. The van der Waals surface area contributed by atoms with Crippen molar-refractivity contribution >= 4 is 32.8 Å². The summed E-state index contributed by atoms with van der Waals surface area (Å²) in [6, 6.07) is 15.7. The van der Waals surface area contributed by atoms with Crippen molar-refractivity contribution in [2.75, 3.05) is 0 Å². The van der Waals surface area contributed by atoms with Crippen LogP contribution in [0.25, 0.3) is 16.8 Å². The second kappa shape index (κ2) is 9.05. The first-order valence-electron chi connectivity index (χ1n) is 12.6. The Kier molecular flexibility index (Phi) is 5.79. The molecular formula is C28H27N5O4S. The van der Waals surface area contributed by atoms with E-state index >= 15 is 0 Å². The minimum absolute atomic E-state index is 0.0320. The van der Waals surface area contributed by atoms with Crippen LogP contribution in [0.2, 0.25) is 0 Å². The van der Waals surface area contributed by atoms with Crippen LogP contribution >= 0.6 is 0 Å². The van der Waals surface area contributed by atoms with Crippen LogP contribution in [0, 0.1) is 12.8 Å². The van der Waals surface area contributed by atoms with Crippen LogP contribution < -0.4 is 0 Å². The molecule has 1 aliphatic carbocycles. The molecule has 1 fully saturated rings. The topological polar surface area (TPSA) is 119 Å². The molecule has 38 heavy (non-hydrogen) atoms. The normalized spacial score (nSPS) is 19.9. The van der Waals surface area contributed by atoms with Crippen molar-refractivity contribution in [1.82, 2.24) is 23.6 Å². The Morgan fingerprint density at radius 2 is 1.82 bits per heavy atom. The molecule has 3 atom stereocenters. The summed E-state index contributed by atoms with van der Waals surface area (Å²) in [5, 5.41) is 18.6. The van der Waals surface area contributed by atoms with Crippen molar-refractivity contribution in [2.24, 2.45) is 5.92 Å². The molecule has 1 N–H and O–H groups in total. The first kappa shape index (κ1) is 24.3. The second-order valence-corrected chi connectivity index (χ2v) is 11.8. The van der Waals surface area contributed by atoms with Crippen LogP contribution in [-0.4, -0.2) is 43.0 Å². The number of carbonyl (C=O) groups is 1. The second-order valence-electron chi connectivity index (χ2n) is 9.98. The fourth-order valence-electron chi connectivity index (χ4n) is 5.90. The molecular weight excluding hydrogens is 502 g/mol. The van der Waals surface area contributed by atoms with Gasteiger partial charge in [-0.1, -0.05) is 49.2 Å². The Balaban J connectivity index is 1.45. The van der Waals surface area contributed by atoms with Crippen molar-refractivity contribution in [2.45, 2.75) is 49.8 Å². The van der Waals surface area contributed by atoms with E-state index in [0.29, 0.717) is 22.4 Å². The lowest BCUT2D eigenvalue weighted by Gasteiger charge is -2.16. The number of aromatic nitrogens is 5. The summed E-state index contributed by atoms with van der Waals surface area (Å²) < 4.78 is 30.0. The maximum absolute atomic E-state index is 13.5. The third-order valence-corrected chi connectivity index (χ3v) is 9.50. The van der Waals surface area contributed by atoms with Gasteiger partial charge in [0.1, 0.15) is 5.82 Å². The fourth-order valence-corrected chi connectivity index (χ4v) is 7.20. The third-order valence-electron chi connectivity index (χ3n) is 7.82. The average Bonchev–Trinajstić information content (AvgIpc) is 3.64. The molecule has 1 saturated carbocycles. The highest BCUT2D eigenvalue weighted by molar-refractivity contribution is 7.90. The SMILES string of the molecule is CCC1CC(c2ccccc2C(=O)O)CC1c1nnc2cnc3c(ccn3S(=O)(=O)c3ccc(C)cc3)n12. The Morgan fingerprint density at radius 3 is 2.55 bits per heavy atom. The Hall–Kier alpha value is -4.05. The summed E-state index contributed by atoms with van der Waals surface area (Å²) in [4.78, 5) is 16.5. The molecule has 1 aliphatic rings. The number of nitrogens with zero attached hydrogens (tertiary/aromatic N) is 5. The van der Waals surface area contributed by atoms with E-state index in [0.717, 1.165) is 36.2 Å². The van der Waals surface area contributed by atoms with E-state index in [1.807, 2.05) is 23.5 Å². The predicted molar refractivity (Wildman–Crippen MR) is 142 cm³/mol. The van der Waals surface area contributed by atoms with Gasteiger partial charge in [-0.2, -0.15) is 0 Å². The fraction of sp³-hybridized carbons (Fsp3) is 0.286.